The number of aliphatic hydroxyl groups excluding tert-OH is 3. The molecule has 7 heteroatoms. The highest BCUT2D eigenvalue weighted by Crippen LogP contribution is 2.68. The molecule has 0 spiro atoms. The highest BCUT2D eigenvalue weighted by molar-refractivity contribution is 5.80. The van der Waals surface area contributed by atoms with Crippen LogP contribution in [0, 0.1) is 46.3 Å². The number of aromatic nitrogens is 1. The molecule has 4 aliphatic carbocycles. The SMILES string of the molecule is C[C@H](CCC(=O)N/N=C/c1ccccn1)[C@H]1CC[C@H]2[C@@H]3[C@H](O)C[C@@H]4C[C@H](O)CC[C@]4(C)[C@H]3C[C@H](O)[C@]12C. The topological polar surface area (TPSA) is 115 Å². The molecule has 0 radical (unpaired) electrons. The van der Waals surface area contributed by atoms with Crippen molar-refractivity contribution in [3.8, 4) is 0 Å². The van der Waals surface area contributed by atoms with Crippen LogP contribution in [-0.4, -0.2) is 50.7 Å². The first-order valence-corrected chi connectivity index (χ1v) is 14.4. The van der Waals surface area contributed by atoms with E-state index >= 15 is 0 Å². The molecule has 5 rings (SSSR count). The van der Waals surface area contributed by atoms with Crippen LogP contribution in [0.4, 0.5) is 0 Å². The normalized spacial score (nSPS) is 44.1. The minimum Gasteiger partial charge on any atom is -0.393 e. The first kappa shape index (κ1) is 26.8. The van der Waals surface area contributed by atoms with Crippen LogP contribution in [0.1, 0.15) is 84.3 Å². The zero-order chi connectivity index (χ0) is 26.4. The highest BCUT2D eigenvalue weighted by Gasteiger charge is 2.65. The molecule has 37 heavy (non-hydrogen) atoms. The molecule has 0 unspecified atom stereocenters. The number of hydrogen-bond acceptors (Lipinski definition) is 6. The van der Waals surface area contributed by atoms with Crippen LogP contribution < -0.4 is 5.43 Å². The molecule has 1 amide bonds. The Morgan fingerprint density at radius 3 is 2.73 bits per heavy atom. The highest BCUT2D eigenvalue weighted by atomic mass is 16.3. The van der Waals surface area contributed by atoms with E-state index in [1.54, 1.807) is 12.4 Å². The molecular weight excluding hydrogens is 466 g/mol. The summed E-state index contributed by atoms with van der Waals surface area (Å²) in [6.07, 6.45) is 9.54. The molecule has 11 atom stereocenters. The van der Waals surface area contributed by atoms with E-state index in [1.807, 2.05) is 18.2 Å². The molecule has 204 valence electrons. The van der Waals surface area contributed by atoms with Crippen LogP contribution in [0.25, 0.3) is 0 Å². The van der Waals surface area contributed by atoms with E-state index in [1.165, 1.54) is 0 Å². The summed E-state index contributed by atoms with van der Waals surface area (Å²) in [5.41, 5.74) is 3.16. The number of amides is 1. The van der Waals surface area contributed by atoms with Gasteiger partial charge in [-0.25, -0.2) is 5.43 Å². The number of pyridine rings is 1. The maximum atomic E-state index is 12.5. The van der Waals surface area contributed by atoms with Crippen molar-refractivity contribution in [1.82, 2.24) is 10.4 Å². The van der Waals surface area contributed by atoms with Gasteiger partial charge in [0.15, 0.2) is 0 Å². The van der Waals surface area contributed by atoms with E-state index in [-0.39, 0.29) is 34.9 Å². The van der Waals surface area contributed by atoms with Crippen molar-refractivity contribution in [2.24, 2.45) is 51.4 Å². The van der Waals surface area contributed by atoms with Gasteiger partial charge in [-0.3, -0.25) is 9.78 Å². The van der Waals surface area contributed by atoms with Gasteiger partial charge in [0.25, 0.3) is 0 Å². The predicted molar refractivity (Wildman–Crippen MR) is 142 cm³/mol. The second-order valence-corrected chi connectivity index (χ2v) is 13.1. The van der Waals surface area contributed by atoms with Gasteiger partial charge in [0.2, 0.25) is 5.91 Å². The molecule has 4 saturated carbocycles. The largest absolute Gasteiger partial charge is 0.393 e. The maximum Gasteiger partial charge on any atom is 0.240 e. The fourth-order valence-electron chi connectivity index (χ4n) is 9.37. The summed E-state index contributed by atoms with van der Waals surface area (Å²) < 4.78 is 0. The monoisotopic (exact) mass is 511 g/mol. The summed E-state index contributed by atoms with van der Waals surface area (Å²) in [4.78, 5) is 16.6. The molecule has 4 aliphatic rings. The Morgan fingerprint density at radius 2 is 1.97 bits per heavy atom. The molecule has 0 bridgehead atoms. The van der Waals surface area contributed by atoms with E-state index in [2.05, 4.69) is 36.3 Å². The molecule has 1 aromatic heterocycles. The molecule has 1 heterocycles. The van der Waals surface area contributed by atoms with Crippen LogP contribution in [0.3, 0.4) is 0 Å². The summed E-state index contributed by atoms with van der Waals surface area (Å²) in [6.45, 7) is 6.85. The molecule has 7 nitrogen and oxygen atoms in total. The van der Waals surface area contributed by atoms with Gasteiger partial charge in [0, 0.05) is 12.6 Å². The smallest absolute Gasteiger partial charge is 0.240 e. The summed E-state index contributed by atoms with van der Waals surface area (Å²) in [7, 11) is 0. The fraction of sp³-hybridized carbons (Fsp3) is 0.767. The van der Waals surface area contributed by atoms with Crippen LogP contribution in [0.15, 0.2) is 29.5 Å². The van der Waals surface area contributed by atoms with Crippen molar-refractivity contribution >= 4 is 12.1 Å². The number of hydrogen-bond donors (Lipinski definition) is 4. The third kappa shape index (κ3) is 4.76. The Hall–Kier alpha value is -1.83. The van der Waals surface area contributed by atoms with Crippen LogP contribution in [0.5, 0.6) is 0 Å². The van der Waals surface area contributed by atoms with Gasteiger partial charge < -0.3 is 15.3 Å². The van der Waals surface area contributed by atoms with Crippen molar-refractivity contribution in [2.45, 2.75) is 96.9 Å². The fourth-order valence-corrected chi connectivity index (χ4v) is 9.37. The zero-order valence-electron chi connectivity index (χ0n) is 22.6. The first-order chi connectivity index (χ1) is 17.6. The third-order valence-electron chi connectivity index (χ3n) is 11.4. The van der Waals surface area contributed by atoms with Crippen molar-refractivity contribution in [3.63, 3.8) is 0 Å². The number of fused-ring (bicyclic) bond motifs is 5. The van der Waals surface area contributed by atoms with E-state index in [9.17, 15) is 20.1 Å². The summed E-state index contributed by atoms with van der Waals surface area (Å²) in [5.74, 6) is 1.66. The van der Waals surface area contributed by atoms with E-state index in [0.29, 0.717) is 41.7 Å². The van der Waals surface area contributed by atoms with Gasteiger partial charge in [-0.05, 0) is 110 Å². The van der Waals surface area contributed by atoms with Gasteiger partial charge in [-0.1, -0.05) is 26.8 Å². The van der Waals surface area contributed by atoms with Gasteiger partial charge in [-0.2, -0.15) is 5.10 Å². The van der Waals surface area contributed by atoms with Crippen LogP contribution in [0.2, 0.25) is 0 Å². The van der Waals surface area contributed by atoms with Gasteiger partial charge in [0.1, 0.15) is 0 Å². The van der Waals surface area contributed by atoms with Gasteiger partial charge in [0.05, 0.1) is 30.2 Å². The van der Waals surface area contributed by atoms with Crippen molar-refractivity contribution in [1.29, 1.82) is 0 Å². The lowest BCUT2D eigenvalue weighted by Crippen LogP contribution is -2.62. The Labute approximate surface area is 221 Å². The zero-order valence-corrected chi connectivity index (χ0v) is 22.6. The Bertz CT molecular complexity index is 988. The van der Waals surface area contributed by atoms with E-state index in [0.717, 1.165) is 51.4 Å². The van der Waals surface area contributed by atoms with E-state index < -0.39 is 6.10 Å². The lowest BCUT2D eigenvalue weighted by molar-refractivity contribution is -0.207. The minimum absolute atomic E-state index is 0.0863. The first-order valence-electron chi connectivity index (χ1n) is 14.4. The van der Waals surface area contributed by atoms with Crippen molar-refractivity contribution < 1.29 is 20.1 Å². The summed E-state index contributed by atoms with van der Waals surface area (Å²) >= 11 is 0. The van der Waals surface area contributed by atoms with E-state index in [4.69, 9.17) is 0 Å². The molecule has 4 fully saturated rings. The lowest BCUT2D eigenvalue weighted by atomic mass is 9.43. The summed E-state index contributed by atoms with van der Waals surface area (Å²) in [5, 5.41) is 37.5. The molecule has 0 aromatic carbocycles. The Balaban J connectivity index is 1.23. The number of aliphatic hydroxyl groups is 3. The molecule has 0 saturated heterocycles. The predicted octanol–water partition coefficient (Wildman–Crippen LogP) is 3.91. The molecule has 0 aliphatic heterocycles. The number of hydrazone groups is 1. The minimum atomic E-state index is -0.403. The number of nitrogens with zero attached hydrogens (tertiary/aromatic N) is 2. The molecule has 1 aromatic rings. The molecule has 4 N–H and O–H groups in total. The second kappa shape index (κ2) is 10.4. The summed E-state index contributed by atoms with van der Waals surface area (Å²) in [6, 6.07) is 5.54. The standard InChI is InChI=1S/C30H45N3O4/c1-18(7-10-27(37)33-32-17-20-6-4-5-13-31-20)22-8-9-23-28-24(16-26(36)30(22,23)3)29(2)12-11-21(34)14-19(29)15-25(28)35/h4-6,13,17-19,21-26,28,34-36H,7-12,14-16H2,1-3H3,(H,33,37)/b32-17+/t18-,19+,21-,22-,23+,24+,25-,26+,28+,29+,30-/m1/s1. The van der Waals surface area contributed by atoms with Crippen LogP contribution in [-0.2, 0) is 4.79 Å². The maximum absolute atomic E-state index is 12.5. The van der Waals surface area contributed by atoms with Gasteiger partial charge >= 0.3 is 0 Å². The lowest BCUT2D eigenvalue weighted by Gasteiger charge is -2.63. The average Bonchev–Trinajstić information content (AvgIpc) is 3.23. The van der Waals surface area contributed by atoms with Crippen molar-refractivity contribution in [3.05, 3.63) is 30.1 Å². The average molecular weight is 512 g/mol. The number of rotatable bonds is 6. The third-order valence-corrected chi connectivity index (χ3v) is 11.4. The molecular formula is C30H45N3O4. The van der Waals surface area contributed by atoms with Crippen molar-refractivity contribution in [2.75, 3.05) is 0 Å². The number of nitrogens with one attached hydrogen (secondary N) is 1. The second-order valence-electron chi connectivity index (χ2n) is 13.1. The number of carbonyl (C=O) groups excluding carboxylic acids is 1. The van der Waals surface area contributed by atoms with Gasteiger partial charge in [-0.15, -0.1) is 0 Å². The quantitative estimate of drug-likeness (QED) is 0.341. The Morgan fingerprint density at radius 1 is 1.16 bits per heavy atom. The number of carbonyl (C=O) groups is 1. The Kier molecular flexibility index (Phi) is 7.51. The van der Waals surface area contributed by atoms with Crippen LogP contribution >= 0.6 is 0 Å².